The maximum atomic E-state index is 12.8. The Bertz CT molecular complexity index is 1110. The van der Waals surface area contributed by atoms with E-state index in [4.69, 9.17) is 9.15 Å². The Kier molecular flexibility index (Phi) is 5.94. The lowest BCUT2D eigenvalue weighted by Crippen LogP contribution is -2.28. The molecule has 0 spiro atoms. The fourth-order valence-corrected chi connectivity index (χ4v) is 5.57. The second kappa shape index (κ2) is 8.63. The molecule has 1 aliphatic rings. The van der Waals surface area contributed by atoms with Gasteiger partial charge in [0.15, 0.2) is 5.76 Å². The summed E-state index contributed by atoms with van der Waals surface area (Å²) in [7, 11) is -3.64. The number of nitrogens with zero attached hydrogens (tertiary/aromatic N) is 1. The van der Waals surface area contributed by atoms with Crippen LogP contribution in [0.25, 0.3) is 0 Å². The summed E-state index contributed by atoms with van der Waals surface area (Å²) in [6, 6.07) is 12.2. The second-order valence-electron chi connectivity index (χ2n) is 6.99. The number of hydrogen-bond acceptors (Lipinski definition) is 6. The Balaban J connectivity index is 1.41. The van der Waals surface area contributed by atoms with Gasteiger partial charge in [0.1, 0.15) is 23.0 Å². The van der Waals surface area contributed by atoms with Crippen LogP contribution < -0.4 is 10.1 Å². The molecule has 2 aromatic heterocycles. The Morgan fingerprint density at radius 2 is 1.93 bits per heavy atom. The van der Waals surface area contributed by atoms with Gasteiger partial charge >= 0.3 is 0 Å². The van der Waals surface area contributed by atoms with Crippen molar-refractivity contribution >= 4 is 33.0 Å². The highest BCUT2D eigenvalue weighted by Gasteiger charge is 2.31. The van der Waals surface area contributed by atoms with Gasteiger partial charge in [-0.25, -0.2) is 8.42 Å². The van der Waals surface area contributed by atoms with Crippen LogP contribution in [0.3, 0.4) is 0 Å². The van der Waals surface area contributed by atoms with Crippen molar-refractivity contribution in [2.75, 3.05) is 18.4 Å². The number of hydrogen-bond donors (Lipinski definition) is 1. The molecule has 9 heteroatoms. The molecule has 1 saturated heterocycles. The number of carbonyl (C=O) groups excluding carboxylic acids is 1. The third-order valence-corrected chi connectivity index (χ3v) is 7.71. The molecule has 30 heavy (non-hydrogen) atoms. The molecule has 7 nitrogen and oxygen atoms in total. The van der Waals surface area contributed by atoms with Crippen LogP contribution in [0, 0.1) is 6.92 Å². The van der Waals surface area contributed by atoms with Crippen LogP contribution in [0.2, 0.25) is 0 Å². The van der Waals surface area contributed by atoms with Crippen LogP contribution in [0.4, 0.5) is 5.69 Å². The number of anilines is 1. The van der Waals surface area contributed by atoms with E-state index in [1.807, 2.05) is 17.5 Å². The average molecular weight is 447 g/mol. The molecule has 158 valence electrons. The zero-order valence-electron chi connectivity index (χ0n) is 16.5. The van der Waals surface area contributed by atoms with Crippen molar-refractivity contribution in [3.63, 3.8) is 0 Å². The Labute approximate surface area is 179 Å². The van der Waals surface area contributed by atoms with Gasteiger partial charge in [0.2, 0.25) is 10.0 Å². The summed E-state index contributed by atoms with van der Waals surface area (Å²) in [5.41, 5.74) is 0.557. The molecular weight excluding hydrogens is 424 g/mol. The van der Waals surface area contributed by atoms with E-state index in [1.165, 1.54) is 10.4 Å². The molecule has 3 heterocycles. The highest BCUT2D eigenvalue weighted by molar-refractivity contribution is 7.89. The zero-order valence-corrected chi connectivity index (χ0v) is 18.1. The number of furan rings is 1. The minimum absolute atomic E-state index is 0.0386. The van der Waals surface area contributed by atoms with E-state index >= 15 is 0 Å². The first-order valence-corrected chi connectivity index (χ1v) is 11.9. The number of thiophene rings is 1. The molecule has 1 aliphatic heterocycles. The van der Waals surface area contributed by atoms with Gasteiger partial charge in [0.05, 0.1) is 0 Å². The highest BCUT2D eigenvalue weighted by Crippen LogP contribution is 2.27. The quantitative estimate of drug-likeness (QED) is 0.586. The van der Waals surface area contributed by atoms with Crippen molar-refractivity contribution in [3.8, 4) is 5.75 Å². The lowest BCUT2D eigenvalue weighted by molar-refractivity contribution is 0.0995. The summed E-state index contributed by atoms with van der Waals surface area (Å²) < 4.78 is 38.1. The molecule has 4 rings (SSSR count). The summed E-state index contributed by atoms with van der Waals surface area (Å²) in [5.74, 6) is 0.357. The van der Waals surface area contributed by atoms with Crippen molar-refractivity contribution < 1.29 is 22.4 Å². The summed E-state index contributed by atoms with van der Waals surface area (Å²) in [4.78, 5) is 13.7. The molecule has 0 radical (unpaired) electrons. The van der Waals surface area contributed by atoms with E-state index in [1.54, 1.807) is 42.5 Å². The average Bonchev–Trinajstić information content (AvgIpc) is 3.49. The lowest BCUT2D eigenvalue weighted by Gasteiger charge is -2.14. The molecular formula is C21H22N2O5S2. The summed E-state index contributed by atoms with van der Waals surface area (Å²) in [5, 5.41) is 4.72. The van der Waals surface area contributed by atoms with Gasteiger partial charge in [-0.05, 0) is 55.5 Å². The van der Waals surface area contributed by atoms with Gasteiger partial charge in [0.25, 0.3) is 5.91 Å². The molecule has 0 aliphatic carbocycles. The highest BCUT2D eigenvalue weighted by atomic mass is 32.2. The van der Waals surface area contributed by atoms with E-state index in [0.29, 0.717) is 31.1 Å². The van der Waals surface area contributed by atoms with E-state index in [9.17, 15) is 13.2 Å². The molecule has 1 amide bonds. The molecule has 0 saturated carbocycles. The topological polar surface area (TPSA) is 88.8 Å². The molecule has 1 aromatic carbocycles. The van der Waals surface area contributed by atoms with Gasteiger partial charge in [-0.3, -0.25) is 4.79 Å². The maximum Gasteiger partial charge on any atom is 0.291 e. The van der Waals surface area contributed by atoms with Gasteiger partial charge in [0, 0.05) is 29.7 Å². The van der Waals surface area contributed by atoms with Crippen LogP contribution >= 0.6 is 11.3 Å². The SMILES string of the molecule is Cc1oc(C(=O)Nc2ccc(OCc3cccs3)cc2)cc1S(=O)(=O)N1CCCC1. The first kappa shape index (κ1) is 20.6. The van der Waals surface area contributed by atoms with Crippen molar-refractivity contribution in [3.05, 3.63) is 64.2 Å². The zero-order chi connectivity index (χ0) is 21.1. The predicted octanol–water partition coefficient (Wildman–Crippen LogP) is 4.27. The second-order valence-corrected chi connectivity index (χ2v) is 9.93. The number of carbonyl (C=O) groups is 1. The van der Waals surface area contributed by atoms with E-state index in [2.05, 4.69) is 5.32 Å². The predicted molar refractivity (Wildman–Crippen MR) is 114 cm³/mol. The third-order valence-electron chi connectivity index (χ3n) is 4.85. The Morgan fingerprint density at radius 1 is 1.20 bits per heavy atom. The standard InChI is InChI=1S/C21H22N2O5S2/c1-15-20(30(25,26)23-10-2-3-11-23)13-19(28-15)21(24)22-16-6-8-17(9-7-16)27-14-18-5-4-12-29-18/h4-9,12-13H,2-3,10-11,14H2,1H3,(H,22,24). The minimum Gasteiger partial charge on any atom is -0.488 e. The Morgan fingerprint density at radius 3 is 2.60 bits per heavy atom. The van der Waals surface area contributed by atoms with Crippen LogP contribution in [0.15, 0.2) is 57.2 Å². The number of nitrogens with one attached hydrogen (secondary N) is 1. The molecule has 3 aromatic rings. The molecule has 0 bridgehead atoms. The number of amides is 1. The van der Waals surface area contributed by atoms with E-state index in [0.717, 1.165) is 17.7 Å². The number of aryl methyl sites for hydroxylation is 1. The van der Waals surface area contributed by atoms with Crippen molar-refractivity contribution in [2.45, 2.75) is 31.3 Å². The van der Waals surface area contributed by atoms with Crippen molar-refractivity contribution in [1.29, 1.82) is 0 Å². The molecule has 1 N–H and O–H groups in total. The summed E-state index contributed by atoms with van der Waals surface area (Å²) in [6.45, 7) is 3.04. The first-order valence-electron chi connectivity index (χ1n) is 9.61. The summed E-state index contributed by atoms with van der Waals surface area (Å²) in [6.07, 6.45) is 1.69. The Hall–Kier alpha value is -2.62. The first-order chi connectivity index (χ1) is 14.4. The van der Waals surface area contributed by atoms with Crippen molar-refractivity contribution in [1.82, 2.24) is 4.31 Å². The third kappa shape index (κ3) is 4.43. The molecule has 1 fully saturated rings. The van der Waals surface area contributed by atoms with Crippen LogP contribution in [0.5, 0.6) is 5.75 Å². The van der Waals surface area contributed by atoms with Gasteiger partial charge in [-0.1, -0.05) is 6.07 Å². The lowest BCUT2D eigenvalue weighted by atomic mass is 10.3. The van der Waals surface area contributed by atoms with Gasteiger partial charge < -0.3 is 14.5 Å². The number of rotatable bonds is 7. The fraction of sp³-hybridized carbons (Fsp3) is 0.286. The number of ether oxygens (including phenoxy) is 1. The minimum atomic E-state index is -3.64. The van der Waals surface area contributed by atoms with E-state index in [-0.39, 0.29) is 16.4 Å². The smallest absolute Gasteiger partial charge is 0.291 e. The van der Waals surface area contributed by atoms with Gasteiger partial charge in [-0.15, -0.1) is 11.3 Å². The number of benzene rings is 1. The molecule has 0 atom stereocenters. The van der Waals surface area contributed by atoms with E-state index < -0.39 is 15.9 Å². The molecule has 0 unspecified atom stereocenters. The van der Waals surface area contributed by atoms with Gasteiger partial charge in [-0.2, -0.15) is 4.31 Å². The van der Waals surface area contributed by atoms with Crippen LogP contribution in [0.1, 0.15) is 34.0 Å². The van der Waals surface area contributed by atoms with Crippen molar-refractivity contribution in [2.24, 2.45) is 0 Å². The maximum absolute atomic E-state index is 12.8. The van der Waals surface area contributed by atoms with Crippen LogP contribution in [-0.4, -0.2) is 31.7 Å². The normalized spacial score (nSPS) is 14.7. The summed E-state index contributed by atoms with van der Waals surface area (Å²) >= 11 is 1.63. The number of sulfonamides is 1. The van der Waals surface area contributed by atoms with Crippen LogP contribution in [-0.2, 0) is 16.6 Å². The fourth-order valence-electron chi connectivity index (χ4n) is 3.28. The monoisotopic (exact) mass is 446 g/mol. The largest absolute Gasteiger partial charge is 0.488 e.